The first kappa shape index (κ1) is 14.9. The topological polar surface area (TPSA) is 65.5 Å². The standard InChI is InChI=1S/C15H23N3O2S/c1-18-8-5-11-12(10-18)21-14(16-11)17-13(19)9-15(20)6-3-2-4-7-15/h20H,2-10H2,1H3,(H,16,17,19). The van der Waals surface area contributed by atoms with Gasteiger partial charge in [0.2, 0.25) is 5.91 Å². The summed E-state index contributed by atoms with van der Waals surface area (Å²) in [6.45, 7) is 1.93. The van der Waals surface area contributed by atoms with Crippen molar-refractivity contribution < 1.29 is 9.90 Å². The number of likely N-dealkylation sites (N-methyl/N-ethyl adjacent to an activating group) is 1. The van der Waals surface area contributed by atoms with Gasteiger partial charge in [-0.05, 0) is 19.9 Å². The molecule has 2 N–H and O–H groups in total. The van der Waals surface area contributed by atoms with Crippen molar-refractivity contribution in [3.63, 3.8) is 0 Å². The molecule has 0 aromatic carbocycles. The van der Waals surface area contributed by atoms with Gasteiger partial charge in [0.05, 0.1) is 17.7 Å². The van der Waals surface area contributed by atoms with Gasteiger partial charge in [-0.15, -0.1) is 11.3 Å². The molecule has 0 atom stereocenters. The van der Waals surface area contributed by atoms with Gasteiger partial charge in [-0.2, -0.15) is 0 Å². The number of thiazole rings is 1. The third-order valence-electron chi connectivity index (χ3n) is 4.44. The fourth-order valence-electron chi connectivity index (χ4n) is 3.23. The number of nitrogens with zero attached hydrogens (tertiary/aromatic N) is 2. The van der Waals surface area contributed by atoms with Crippen LogP contribution >= 0.6 is 11.3 Å². The summed E-state index contributed by atoms with van der Waals surface area (Å²) < 4.78 is 0. The van der Waals surface area contributed by atoms with Crippen molar-refractivity contribution in [2.75, 3.05) is 18.9 Å². The highest BCUT2D eigenvalue weighted by molar-refractivity contribution is 7.15. The molecule has 1 aliphatic carbocycles. The molecule has 2 aliphatic rings. The number of hydrogen-bond acceptors (Lipinski definition) is 5. The van der Waals surface area contributed by atoms with E-state index in [9.17, 15) is 9.90 Å². The maximum absolute atomic E-state index is 12.1. The molecular weight excluding hydrogens is 286 g/mol. The molecule has 1 amide bonds. The SMILES string of the molecule is CN1CCc2nc(NC(=O)CC3(O)CCCCC3)sc2C1. The summed E-state index contributed by atoms with van der Waals surface area (Å²) in [7, 11) is 2.10. The molecule has 1 aromatic rings. The highest BCUT2D eigenvalue weighted by Crippen LogP contribution is 2.32. The van der Waals surface area contributed by atoms with Gasteiger partial charge in [0.1, 0.15) is 0 Å². The second-order valence-corrected chi connectivity index (χ2v) is 7.47. The van der Waals surface area contributed by atoms with Crippen molar-refractivity contribution in [1.29, 1.82) is 0 Å². The molecule has 0 radical (unpaired) electrons. The van der Waals surface area contributed by atoms with Gasteiger partial charge in [-0.25, -0.2) is 4.98 Å². The molecule has 0 spiro atoms. The lowest BCUT2D eigenvalue weighted by Crippen LogP contribution is -2.35. The lowest BCUT2D eigenvalue weighted by Gasteiger charge is -2.31. The molecule has 0 bridgehead atoms. The van der Waals surface area contributed by atoms with Gasteiger partial charge in [-0.3, -0.25) is 4.79 Å². The predicted molar refractivity (Wildman–Crippen MR) is 83.4 cm³/mol. The zero-order valence-electron chi connectivity index (χ0n) is 12.5. The van der Waals surface area contributed by atoms with E-state index in [1.54, 1.807) is 11.3 Å². The molecule has 1 aromatic heterocycles. The Morgan fingerprint density at radius 3 is 2.95 bits per heavy atom. The molecule has 1 fully saturated rings. The Labute approximate surface area is 129 Å². The molecule has 0 saturated heterocycles. The monoisotopic (exact) mass is 309 g/mol. The minimum absolute atomic E-state index is 0.112. The molecular formula is C15H23N3O2S. The van der Waals surface area contributed by atoms with Gasteiger partial charge in [0.25, 0.3) is 0 Å². The number of carbonyl (C=O) groups is 1. The van der Waals surface area contributed by atoms with Crippen LogP contribution in [0.2, 0.25) is 0 Å². The quantitative estimate of drug-likeness (QED) is 0.898. The van der Waals surface area contributed by atoms with Gasteiger partial charge in [0.15, 0.2) is 5.13 Å². The van der Waals surface area contributed by atoms with Crippen LogP contribution in [0.3, 0.4) is 0 Å². The number of aliphatic hydroxyl groups is 1. The van der Waals surface area contributed by atoms with Gasteiger partial charge < -0.3 is 15.3 Å². The van der Waals surface area contributed by atoms with E-state index in [0.717, 1.165) is 57.3 Å². The van der Waals surface area contributed by atoms with E-state index in [1.165, 1.54) is 4.88 Å². The first-order chi connectivity index (χ1) is 10.0. The highest BCUT2D eigenvalue weighted by Gasteiger charge is 2.32. The number of hydrogen-bond donors (Lipinski definition) is 2. The summed E-state index contributed by atoms with van der Waals surface area (Å²) in [5.41, 5.74) is 0.309. The molecule has 3 rings (SSSR count). The number of nitrogens with one attached hydrogen (secondary N) is 1. The molecule has 116 valence electrons. The first-order valence-electron chi connectivity index (χ1n) is 7.73. The summed E-state index contributed by atoms with van der Waals surface area (Å²) in [4.78, 5) is 20.2. The number of amides is 1. The summed E-state index contributed by atoms with van der Waals surface area (Å²) in [6, 6.07) is 0. The van der Waals surface area contributed by atoms with Crippen LogP contribution < -0.4 is 5.32 Å². The fourth-order valence-corrected chi connectivity index (χ4v) is 4.33. The minimum Gasteiger partial charge on any atom is -0.389 e. The number of rotatable bonds is 3. The Balaban J connectivity index is 1.60. The molecule has 2 heterocycles. The zero-order chi connectivity index (χ0) is 14.9. The van der Waals surface area contributed by atoms with Crippen LogP contribution in [0.4, 0.5) is 5.13 Å². The van der Waals surface area contributed by atoms with Crippen molar-refractivity contribution in [2.45, 2.75) is 57.1 Å². The maximum Gasteiger partial charge on any atom is 0.229 e. The lowest BCUT2D eigenvalue weighted by molar-refractivity contribution is -0.122. The van der Waals surface area contributed by atoms with Crippen molar-refractivity contribution in [1.82, 2.24) is 9.88 Å². The van der Waals surface area contributed by atoms with E-state index in [2.05, 4.69) is 22.2 Å². The molecule has 1 aliphatic heterocycles. The average Bonchev–Trinajstić information content (AvgIpc) is 2.79. The molecule has 0 unspecified atom stereocenters. The fraction of sp³-hybridized carbons (Fsp3) is 0.733. The van der Waals surface area contributed by atoms with E-state index >= 15 is 0 Å². The van der Waals surface area contributed by atoms with Gasteiger partial charge in [-0.1, -0.05) is 19.3 Å². The van der Waals surface area contributed by atoms with E-state index < -0.39 is 5.60 Å². The number of fused-ring (bicyclic) bond motifs is 1. The second-order valence-electron chi connectivity index (χ2n) is 6.39. The van der Waals surface area contributed by atoms with Crippen LogP contribution in [0, 0.1) is 0 Å². The smallest absolute Gasteiger partial charge is 0.229 e. The van der Waals surface area contributed by atoms with Gasteiger partial charge in [0, 0.05) is 24.4 Å². The Bertz CT molecular complexity index is 523. The van der Waals surface area contributed by atoms with Crippen molar-refractivity contribution >= 4 is 22.4 Å². The van der Waals surface area contributed by atoms with Gasteiger partial charge >= 0.3 is 0 Å². The summed E-state index contributed by atoms with van der Waals surface area (Å²) in [6.07, 6.45) is 5.80. The first-order valence-corrected chi connectivity index (χ1v) is 8.55. The van der Waals surface area contributed by atoms with E-state index in [4.69, 9.17) is 0 Å². The Morgan fingerprint density at radius 1 is 1.43 bits per heavy atom. The second kappa shape index (κ2) is 6.02. The van der Waals surface area contributed by atoms with Crippen LogP contribution in [0.5, 0.6) is 0 Å². The number of carbonyl (C=O) groups excluding carboxylic acids is 1. The lowest BCUT2D eigenvalue weighted by atomic mass is 9.82. The van der Waals surface area contributed by atoms with Crippen molar-refractivity contribution in [3.05, 3.63) is 10.6 Å². The Kier molecular flexibility index (Phi) is 4.28. The summed E-state index contributed by atoms with van der Waals surface area (Å²) in [5, 5.41) is 14.0. The molecule has 1 saturated carbocycles. The minimum atomic E-state index is -0.806. The van der Waals surface area contributed by atoms with Crippen molar-refractivity contribution in [2.24, 2.45) is 0 Å². The van der Waals surface area contributed by atoms with Crippen LogP contribution in [0.15, 0.2) is 0 Å². The third-order valence-corrected chi connectivity index (χ3v) is 5.44. The average molecular weight is 309 g/mol. The van der Waals surface area contributed by atoms with E-state index in [1.807, 2.05) is 0 Å². The molecule has 5 nitrogen and oxygen atoms in total. The van der Waals surface area contributed by atoms with Crippen LogP contribution in [-0.2, 0) is 17.8 Å². The maximum atomic E-state index is 12.1. The van der Waals surface area contributed by atoms with E-state index in [-0.39, 0.29) is 12.3 Å². The predicted octanol–water partition coefficient (Wildman–Crippen LogP) is 2.15. The number of aromatic nitrogens is 1. The molecule has 6 heteroatoms. The van der Waals surface area contributed by atoms with Crippen LogP contribution in [0.25, 0.3) is 0 Å². The summed E-state index contributed by atoms with van der Waals surface area (Å²) in [5.74, 6) is -0.112. The third kappa shape index (κ3) is 3.62. The van der Waals surface area contributed by atoms with Crippen LogP contribution in [-0.4, -0.2) is 40.1 Å². The van der Waals surface area contributed by atoms with Crippen molar-refractivity contribution in [3.8, 4) is 0 Å². The normalized spacial score (nSPS) is 21.8. The zero-order valence-corrected chi connectivity index (χ0v) is 13.3. The highest BCUT2D eigenvalue weighted by atomic mass is 32.1. The Morgan fingerprint density at radius 2 is 2.19 bits per heavy atom. The largest absolute Gasteiger partial charge is 0.389 e. The molecule has 21 heavy (non-hydrogen) atoms. The van der Waals surface area contributed by atoms with Crippen LogP contribution in [0.1, 0.15) is 49.1 Å². The van der Waals surface area contributed by atoms with E-state index in [0.29, 0.717) is 5.13 Å². The summed E-state index contributed by atoms with van der Waals surface area (Å²) >= 11 is 1.56. The Hall–Kier alpha value is -0.980. The number of anilines is 1.